The van der Waals surface area contributed by atoms with Crippen LogP contribution in [0.1, 0.15) is 49.7 Å². The normalized spacial score (nSPS) is 20.4. The van der Waals surface area contributed by atoms with Crippen LogP contribution in [0, 0.1) is 5.92 Å². The third-order valence-corrected chi connectivity index (χ3v) is 5.67. The van der Waals surface area contributed by atoms with Gasteiger partial charge in [-0.2, -0.15) is 13.2 Å². The van der Waals surface area contributed by atoms with Crippen molar-refractivity contribution < 1.29 is 18.0 Å². The van der Waals surface area contributed by atoms with Crippen LogP contribution >= 0.6 is 12.4 Å². The highest BCUT2D eigenvalue weighted by Crippen LogP contribution is 2.42. The molecule has 0 aromatic heterocycles. The average molecular weight is 391 g/mol. The molecule has 0 atom stereocenters. The van der Waals surface area contributed by atoms with Crippen LogP contribution in [0.25, 0.3) is 0 Å². The molecule has 1 saturated carbocycles. The van der Waals surface area contributed by atoms with Crippen LogP contribution in [0.4, 0.5) is 13.2 Å². The molecule has 0 unspecified atom stereocenters. The lowest BCUT2D eigenvalue weighted by Gasteiger charge is -2.32. The summed E-state index contributed by atoms with van der Waals surface area (Å²) in [5.74, 6) is 0.0564. The summed E-state index contributed by atoms with van der Waals surface area (Å²) in [4.78, 5) is 12.4. The van der Waals surface area contributed by atoms with Crippen LogP contribution in [0.15, 0.2) is 24.3 Å². The molecule has 1 saturated heterocycles. The number of rotatable bonds is 4. The van der Waals surface area contributed by atoms with Crippen molar-refractivity contribution in [1.29, 1.82) is 0 Å². The van der Waals surface area contributed by atoms with Gasteiger partial charge in [-0.15, -0.1) is 12.4 Å². The van der Waals surface area contributed by atoms with E-state index in [1.54, 1.807) is 6.07 Å². The van der Waals surface area contributed by atoms with Crippen LogP contribution in [-0.4, -0.2) is 25.5 Å². The maximum Gasteiger partial charge on any atom is 0.416 e. The van der Waals surface area contributed by atoms with Gasteiger partial charge in [-0.25, -0.2) is 0 Å². The fourth-order valence-corrected chi connectivity index (χ4v) is 4.13. The standard InChI is InChI=1S/C19H25F3N2O.ClH/c20-19(21,22)16-5-3-4-15(12-16)18(8-1-2-9-18)13-24-17(25)14-6-10-23-11-7-14;/h3-5,12,14,23H,1-2,6-11,13H2,(H,24,25);1H. The highest BCUT2D eigenvalue weighted by Gasteiger charge is 2.38. The minimum atomic E-state index is -4.34. The molecule has 1 heterocycles. The summed E-state index contributed by atoms with van der Waals surface area (Å²) in [5, 5.41) is 6.28. The van der Waals surface area contributed by atoms with Crippen LogP contribution in [-0.2, 0) is 16.4 Å². The zero-order chi connectivity index (χ0) is 17.9. The van der Waals surface area contributed by atoms with Crippen molar-refractivity contribution in [2.75, 3.05) is 19.6 Å². The summed E-state index contributed by atoms with van der Waals surface area (Å²) in [6.07, 6.45) is 0.916. The second-order valence-electron chi connectivity index (χ2n) is 7.31. The van der Waals surface area contributed by atoms with Gasteiger partial charge in [0.15, 0.2) is 0 Å². The summed E-state index contributed by atoms with van der Waals surface area (Å²) in [5.41, 5.74) is -0.282. The highest BCUT2D eigenvalue weighted by atomic mass is 35.5. The van der Waals surface area contributed by atoms with Crippen molar-refractivity contribution in [3.8, 4) is 0 Å². The molecule has 1 aliphatic heterocycles. The first-order valence-electron chi connectivity index (χ1n) is 9.07. The molecule has 1 aromatic rings. The monoisotopic (exact) mass is 390 g/mol. The molecular weight excluding hydrogens is 365 g/mol. The van der Waals surface area contributed by atoms with E-state index in [2.05, 4.69) is 10.6 Å². The summed E-state index contributed by atoms with van der Waals surface area (Å²) < 4.78 is 39.2. The van der Waals surface area contributed by atoms with Crippen molar-refractivity contribution >= 4 is 18.3 Å². The zero-order valence-corrected chi connectivity index (χ0v) is 15.5. The van der Waals surface area contributed by atoms with Gasteiger partial charge in [0.05, 0.1) is 5.56 Å². The van der Waals surface area contributed by atoms with Gasteiger partial charge < -0.3 is 10.6 Å². The molecular formula is C19H26ClF3N2O. The fourth-order valence-electron chi connectivity index (χ4n) is 4.13. The Morgan fingerprint density at radius 3 is 2.46 bits per heavy atom. The van der Waals surface area contributed by atoms with Gasteiger partial charge >= 0.3 is 6.18 Å². The first kappa shape index (κ1) is 21.0. The molecule has 1 amide bonds. The number of hydrogen-bond acceptors (Lipinski definition) is 2. The number of carbonyl (C=O) groups excluding carboxylic acids is 1. The van der Waals surface area contributed by atoms with Gasteiger partial charge in [0.25, 0.3) is 0 Å². The van der Waals surface area contributed by atoms with E-state index in [-0.39, 0.29) is 29.6 Å². The number of carbonyl (C=O) groups is 1. The molecule has 0 radical (unpaired) electrons. The Morgan fingerprint density at radius 1 is 1.19 bits per heavy atom. The molecule has 26 heavy (non-hydrogen) atoms. The number of hydrogen-bond donors (Lipinski definition) is 2. The first-order valence-corrected chi connectivity index (χ1v) is 9.07. The van der Waals surface area contributed by atoms with Crippen LogP contribution in [0.3, 0.4) is 0 Å². The first-order chi connectivity index (χ1) is 11.9. The third kappa shape index (κ3) is 4.71. The maximum absolute atomic E-state index is 13.1. The number of halogens is 4. The largest absolute Gasteiger partial charge is 0.416 e. The van der Waals surface area contributed by atoms with Crippen molar-refractivity contribution in [3.05, 3.63) is 35.4 Å². The smallest absolute Gasteiger partial charge is 0.355 e. The second kappa shape index (κ2) is 8.61. The maximum atomic E-state index is 13.1. The molecule has 2 N–H and O–H groups in total. The molecule has 2 aliphatic rings. The Hall–Kier alpha value is -1.27. The van der Waals surface area contributed by atoms with Crippen molar-refractivity contribution in [1.82, 2.24) is 10.6 Å². The van der Waals surface area contributed by atoms with Crippen LogP contribution < -0.4 is 10.6 Å². The highest BCUT2D eigenvalue weighted by molar-refractivity contribution is 5.85. The molecule has 146 valence electrons. The average Bonchev–Trinajstić information content (AvgIpc) is 3.10. The molecule has 7 heteroatoms. The Bertz CT molecular complexity index is 609. The van der Waals surface area contributed by atoms with Gasteiger partial charge in [0.2, 0.25) is 5.91 Å². The summed E-state index contributed by atoms with van der Waals surface area (Å²) in [6.45, 7) is 2.12. The molecule has 1 aromatic carbocycles. The Labute approximate surface area is 158 Å². The lowest BCUT2D eigenvalue weighted by atomic mass is 9.78. The van der Waals surface area contributed by atoms with E-state index >= 15 is 0 Å². The van der Waals surface area contributed by atoms with E-state index in [1.807, 2.05) is 0 Å². The molecule has 1 aliphatic carbocycles. The summed E-state index contributed by atoms with van der Waals surface area (Å²) in [7, 11) is 0. The minimum Gasteiger partial charge on any atom is -0.355 e. The molecule has 0 spiro atoms. The SMILES string of the molecule is Cl.O=C(NCC1(c2cccc(C(F)(F)F)c2)CCCC1)C1CCNCC1. The van der Waals surface area contributed by atoms with E-state index in [0.29, 0.717) is 12.1 Å². The van der Waals surface area contributed by atoms with Gasteiger partial charge in [-0.05, 0) is 50.4 Å². The van der Waals surface area contributed by atoms with E-state index in [0.717, 1.165) is 57.7 Å². The predicted molar refractivity (Wildman–Crippen MR) is 97.4 cm³/mol. The van der Waals surface area contributed by atoms with Crippen molar-refractivity contribution in [2.24, 2.45) is 5.92 Å². The second-order valence-corrected chi connectivity index (χ2v) is 7.31. The topological polar surface area (TPSA) is 41.1 Å². The summed E-state index contributed by atoms with van der Waals surface area (Å²) in [6, 6.07) is 5.63. The van der Waals surface area contributed by atoms with Gasteiger partial charge in [-0.3, -0.25) is 4.79 Å². The van der Waals surface area contributed by atoms with Gasteiger partial charge in [0, 0.05) is 17.9 Å². The molecule has 0 bridgehead atoms. The van der Waals surface area contributed by atoms with Crippen molar-refractivity contribution in [2.45, 2.75) is 50.1 Å². The quantitative estimate of drug-likeness (QED) is 0.814. The fraction of sp³-hybridized carbons (Fsp3) is 0.632. The van der Waals surface area contributed by atoms with Crippen LogP contribution in [0.5, 0.6) is 0 Å². The van der Waals surface area contributed by atoms with E-state index < -0.39 is 11.7 Å². The van der Waals surface area contributed by atoms with Crippen LogP contribution in [0.2, 0.25) is 0 Å². The van der Waals surface area contributed by atoms with E-state index in [4.69, 9.17) is 0 Å². The Morgan fingerprint density at radius 2 is 1.85 bits per heavy atom. The lowest BCUT2D eigenvalue weighted by Crippen LogP contribution is -2.44. The number of alkyl halides is 3. The molecule has 3 rings (SSSR count). The van der Waals surface area contributed by atoms with E-state index in [9.17, 15) is 18.0 Å². The van der Waals surface area contributed by atoms with Crippen molar-refractivity contribution in [3.63, 3.8) is 0 Å². The number of amides is 1. The minimum absolute atomic E-state index is 0. The Kier molecular flexibility index (Phi) is 6.97. The Balaban J connectivity index is 0.00000243. The number of benzene rings is 1. The third-order valence-electron chi connectivity index (χ3n) is 5.67. The van der Waals surface area contributed by atoms with E-state index in [1.165, 1.54) is 12.1 Å². The van der Waals surface area contributed by atoms with Gasteiger partial charge in [-0.1, -0.05) is 31.0 Å². The predicted octanol–water partition coefficient (Wildman–Crippen LogP) is 4.05. The molecule has 3 nitrogen and oxygen atoms in total. The zero-order valence-electron chi connectivity index (χ0n) is 14.7. The lowest BCUT2D eigenvalue weighted by molar-refractivity contribution is -0.137. The number of nitrogens with one attached hydrogen (secondary N) is 2. The summed E-state index contributed by atoms with van der Waals surface area (Å²) >= 11 is 0. The molecule has 2 fully saturated rings. The van der Waals surface area contributed by atoms with Gasteiger partial charge in [0.1, 0.15) is 0 Å². The number of piperidine rings is 1.